The number of amides is 1. The minimum absolute atomic E-state index is 0.214. The summed E-state index contributed by atoms with van der Waals surface area (Å²) in [6.45, 7) is 6.84. The number of piperidine rings is 1. The molecule has 3 nitrogen and oxygen atoms in total. The third kappa shape index (κ3) is 2.58. The Kier molecular flexibility index (Phi) is 3.77. The van der Waals surface area contributed by atoms with E-state index >= 15 is 0 Å². The van der Waals surface area contributed by atoms with E-state index in [1.54, 1.807) is 0 Å². The number of benzene rings is 1. The van der Waals surface area contributed by atoms with Gasteiger partial charge in [0.25, 0.3) is 0 Å². The fourth-order valence-corrected chi connectivity index (χ4v) is 3.15. The Morgan fingerprint density at radius 3 is 2.60 bits per heavy atom. The quantitative estimate of drug-likeness (QED) is 0.787. The minimum Gasteiger partial charge on any atom is -0.371 e. The van der Waals surface area contributed by atoms with Crippen molar-refractivity contribution < 1.29 is 4.79 Å². The number of nitrogens with zero attached hydrogens (tertiary/aromatic N) is 2. The van der Waals surface area contributed by atoms with Crippen LogP contribution >= 0.6 is 0 Å². The maximum atomic E-state index is 12.1. The van der Waals surface area contributed by atoms with E-state index in [4.69, 9.17) is 0 Å². The fraction of sp³-hybridized carbons (Fsp3) is 0.471. The second-order valence-corrected chi connectivity index (χ2v) is 5.77. The van der Waals surface area contributed by atoms with E-state index < -0.39 is 0 Å². The van der Waals surface area contributed by atoms with Crippen molar-refractivity contribution in [2.45, 2.75) is 25.7 Å². The first kappa shape index (κ1) is 13.2. The maximum absolute atomic E-state index is 12.1. The standard InChI is InChI=1S/C17H22N2O/c1-2-14-11-17(20)19(13-14)16-8-6-7-15(12-16)18-9-4-3-5-10-18/h2,6-8,12,14H,1,3-5,9-11,13H2. The van der Waals surface area contributed by atoms with E-state index in [2.05, 4.69) is 29.7 Å². The lowest BCUT2D eigenvalue weighted by Gasteiger charge is -2.29. The Labute approximate surface area is 120 Å². The number of hydrogen-bond donors (Lipinski definition) is 0. The van der Waals surface area contributed by atoms with Crippen molar-refractivity contribution in [3.05, 3.63) is 36.9 Å². The molecule has 0 N–H and O–H groups in total. The van der Waals surface area contributed by atoms with Gasteiger partial charge in [0.15, 0.2) is 0 Å². The molecular formula is C17H22N2O. The predicted molar refractivity (Wildman–Crippen MR) is 83.2 cm³/mol. The van der Waals surface area contributed by atoms with Crippen molar-refractivity contribution in [2.24, 2.45) is 5.92 Å². The molecule has 0 radical (unpaired) electrons. The van der Waals surface area contributed by atoms with Gasteiger partial charge in [-0.15, -0.1) is 6.58 Å². The molecule has 0 spiro atoms. The molecule has 2 aliphatic rings. The van der Waals surface area contributed by atoms with Crippen LogP contribution in [0.25, 0.3) is 0 Å². The van der Waals surface area contributed by atoms with Gasteiger partial charge in [-0.25, -0.2) is 0 Å². The molecule has 0 aromatic heterocycles. The van der Waals surface area contributed by atoms with Crippen LogP contribution in [0.15, 0.2) is 36.9 Å². The molecule has 3 rings (SSSR count). The van der Waals surface area contributed by atoms with Crippen molar-refractivity contribution >= 4 is 17.3 Å². The molecule has 2 aliphatic heterocycles. The lowest BCUT2D eigenvalue weighted by molar-refractivity contribution is -0.117. The van der Waals surface area contributed by atoms with Gasteiger partial charge in [0.1, 0.15) is 0 Å². The summed E-state index contributed by atoms with van der Waals surface area (Å²) >= 11 is 0. The number of rotatable bonds is 3. The molecule has 2 saturated heterocycles. The maximum Gasteiger partial charge on any atom is 0.227 e. The Morgan fingerprint density at radius 2 is 1.90 bits per heavy atom. The summed E-state index contributed by atoms with van der Waals surface area (Å²) in [4.78, 5) is 16.4. The molecule has 1 aromatic carbocycles. The van der Waals surface area contributed by atoms with Crippen LogP contribution in [-0.4, -0.2) is 25.5 Å². The average Bonchev–Trinajstić information content (AvgIpc) is 2.89. The van der Waals surface area contributed by atoms with Crippen molar-refractivity contribution in [1.29, 1.82) is 0 Å². The highest BCUT2D eigenvalue weighted by Crippen LogP contribution is 2.29. The predicted octanol–water partition coefficient (Wildman–Crippen LogP) is 3.22. The Bertz CT molecular complexity index is 505. The molecule has 0 bridgehead atoms. The van der Waals surface area contributed by atoms with Crippen LogP contribution in [0.4, 0.5) is 11.4 Å². The Balaban J connectivity index is 1.80. The van der Waals surface area contributed by atoms with Gasteiger partial charge in [-0.1, -0.05) is 12.1 Å². The number of hydrogen-bond acceptors (Lipinski definition) is 2. The number of anilines is 2. The highest BCUT2D eigenvalue weighted by molar-refractivity contribution is 5.96. The van der Waals surface area contributed by atoms with Crippen molar-refractivity contribution in [3.63, 3.8) is 0 Å². The molecule has 3 heteroatoms. The summed E-state index contributed by atoms with van der Waals surface area (Å²) in [6, 6.07) is 8.42. The lowest BCUT2D eigenvalue weighted by Crippen LogP contribution is -2.30. The molecule has 106 valence electrons. The van der Waals surface area contributed by atoms with Crippen LogP contribution in [-0.2, 0) is 4.79 Å². The molecule has 0 saturated carbocycles. The molecule has 0 aliphatic carbocycles. The van der Waals surface area contributed by atoms with Crippen LogP contribution in [0.5, 0.6) is 0 Å². The summed E-state index contributed by atoms with van der Waals surface area (Å²) < 4.78 is 0. The summed E-state index contributed by atoms with van der Waals surface area (Å²) in [5, 5.41) is 0. The SMILES string of the molecule is C=CC1CC(=O)N(c2cccc(N3CCCCC3)c2)C1. The lowest BCUT2D eigenvalue weighted by atomic mass is 10.1. The third-order valence-electron chi connectivity index (χ3n) is 4.35. The summed E-state index contributed by atoms with van der Waals surface area (Å²) in [5.41, 5.74) is 2.28. The van der Waals surface area contributed by atoms with Crippen molar-refractivity contribution in [3.8, 4) is 0 Å². The van der Waals surface area contributed by atoms with Crippen LogP contribution in [0, 0.1) is 5.92 Å². The second kappa shape index (κ2) is 5.70. The van der Waals surface area contributed by atoms with Gasteiger partial charge in [0, 0.05) is 43.3 Å². The van der Waals surface area contributed by atoms with Gasteiger partial charge in [0.05, 0.1) is 0 Å². The van der Waals surface area contributed by atoms with Crippen LogP contribution in [0.3, 0.4) is 0 Å². The minimum atomic E-state index is 0.214. The number of carbonyl (C=O) groups is 1. The monoisotopic (exact) mass is 270 g/mol. The molecule has 20 heavy (non-hydrogen) atoms. The third-order valence-corrected chi connectivity index (χ3v) is 4.35. The normalized spacial score (nSPS) is 23.2. The summed E-state index contributed by atoms with van der Waals surface area (Å²) in [7, 11) is 0. The first-order valence-corrected chi connectivity index (χ1v) is 7.56. The zero-order chi connectivity index (χ0) is 13.9. The van der Waals surface area contributed by atoms with E-state index in [1.165, 1.54) is 24.9 Å². The van der Waals surface area contributed by atoms with E-state index in [1.807, 2.05) is 17.0 Å². The fourth-order valence-electron chi connectivity index (χ4n) is 3.15. The molecule has 2 fully saturated rings. The van der Waals surface area contributed by atoms with Crippen LogP contribution in [0.2, 0.25) is 0 Å². The molecular weight excluding hydrogens is 248 g/mol. The van der Waals surface area contributed by atoms with Gasteiger partial charge in [-0.05, 0) is 37.5 Å². The molecule has 2 heterocycles. The van der Waals surface area contributed by atoms with Gasteiger partial charge >= 0.3 is 0 Å². The zero-order valence-electron chi connectivity index (χ0n) is 11.9. The van der Waals surface area contributed by atoms with Crippen molar-refractivity contribution in [2.75, 3.05) is 29.4 Å². The molecule has 1 atom stereocenters. The summed E-state index contributed by atoms with van der Waals surface area (Å²) in [5.74, 6) is 0.506. The van der Waals surface area contributed by atoms with E-state index in [9.17, 15) is 4.79 Å². The Hall–Kier alpha value is -1.77. The molecule has 1 unspecified atom stereocenters. The van der Waals surface area contributed by atoms with Gasteiger partial charge in [-0.3, -0.25) is 4.79 Å². The van der Waals surface area contributed by atoms with E-state index in [0.717, 1.165) is 25.3 Å². The smallest absolute Gasteiger partial charge is 0.227 e. The van der Waals surface area contributed by atoms with Gasteiger partial charge < -0.3 is 9.80 Å². The topological polar surface area (TPSA) is 23.6 Å². The average molecular weight is 270 g/mol. The first-order chi connectivity index (χ1) is 9.78. The molecule has 1 amide bonds. The van der Waals surface area contributed by atoms with Gasteiger partial charge in [0.2, 0.25) is 5.91 Å². The van der Waals surface area contributed by atoms with E-state index in [-0.39, 0.29) is 5.91 Å². The zero-order valence-corrected chi connectivity index (χ0v) is 11.9. The van der Waals surface area contributed by atoms with Crippen LogP contribution in [0.1, 0.15) is 25.7 Å². The van der Waals surface area contributed by atoms with E-state index in [0.29, 0.717) is 12.3 Å². The highest BCUT2D eigenvalue weighted by atomic mass is 16.2. The largest absolute Gasteiger partial charge is 0.371 e. The molecule has 1 aromatic rings. The van der Waals surface area contributed by atoms with Gasteiger partial charge in [-0.2, -0.15) is 0 Å². The second-order valence-electron chi connectivity index (χ2n) is 5.77. The number of carbonyl (C=O) groups excluding carboxylic acids is 1. The first-order valence-electron chi connectivity index (χ1n) is 7.56. The van der Waals surface area contributed by atoms with Crippen molar-refractivity contribution in [1.82, 2.24) is 0 Å². The van der Waals surface area contributed by atoms with Crippen LogP contribution < -0.4 is 9.80 Å². The highest BCUT2D eigenvalue weighted by Gasteiger charge is 2.28. The Morgan fingerprint density at radius 1 is 1.15 bits per heavy atom. The summed E-state index contributed by atoms with van der Waals surface area (Å²) in [6.07, 6.45) is 6.36.